The minimum absolute atomic E-state index is 0.0734. The number of alkyl carbamates (subject to hydrolysis) is 1. The molecule has 2 aromatic rings. The Morgan fingerprint density at radius 3 is 2.15 bits per heavy atom. The first kappa shape index (κ1) is 23.8. The predicted molar refractivity (Wildman–Crippen MR) is 128 cm³/mol. The summed E-state index contributed by atoms with van der Waals surface area (Å²) >= 11 is 0. The molecule has 34 heavy (non-hydrogen) atoms. The zero-order valence-corrected chi connectivity index (χ0v) is 19.7. The maximum absolute atomic E-state index is 13.2. The van der Waals surface area contributed by atoms with Gasteiger partial charge in [-0.1, -0.05) is 62.4 Å². The number of hydrogen-bond acceptors (Lipinski definition) is 4. The fourth-order valence-electron chi connectivity index (χ4n) is 4.70. The smallest absolute Gasteiger partial charge is 0.407 e. The van der Waals surface area contributed by atoms with Crippen LogP contribution < -0.4 is 5.32 Å². The maximum Gasteiger partial charge on any atom is 0.407 e. The predicted octanol–water partition coefficient (Wildman–Crippen LogP) is 4.26. The van der Waals surface area contributed by atoms with Gasteiger partial charge in [-0.2, -0.15) is 0 Å². The molecule has 0 aliphatic heterocycles. The van der Waals surface area contributed by atoms with Crippen molar-refractivity contribution in [1.29, 1.82) is 0 Å². The molecule has 0 saturated heterocycles. The third-order valence-corrected chi connectivity index (χ3v) is 6.45. The molecule has 2 aliphatic rings. The second kappa shape index (κ2) is 10.3. The van der Waals surface area contributed by atoms with Gasteiger partial charge in [0, 0.05) is 12.5 Å². The lowest BCUT2D eigenvalue weighted by atomic mass is 9.98. The molecule has 1 atom stereocenters. The van der Waals surface area contributed by atoms with Crippen LogP contribution in [0.3, 0.4) is 0 Å². The number of rotatable bonds is 10. The number of ether oxygens (including phenoxy) is 1. The number of nitrogens with zero attached hydrogens (tertiary/aromatic N) is 1. The summed E-state index contributed by atoms with van der Waals surface area (Å²) in [5.74, 6) is -1.02. The normalized spacial score (nSPS) is 15.4. The number of amides is 2. The summed E-state index contributed by atoms with van der Waals surface area (Å²) in [4.78, 5) is 38.7. The number of carboxylic acid groups (broad SMARTS) is 1. The maximum atomic E-state index is 13.2. The summed E-state index contributed by atoms with van der Waals surface area (Å²) in [7, 11) is 0. The molecule has 1 fully saturated rings. The van der Waals surface area contributed by atoms with Crippen molar-refractivity contribution in [3.05, 3.63) is 59.7 Å². The third kappa shape index (κ3) is 5.58. The SMILES string of the molecule is CC(C)C[C@@H](NC(=O)OCC1c2ccccc2-c2ccccc21)C(=O)N(CC(=O)O)CC1CC1. The molecule has 7 nitrogen and oxygen atoms in total. The lowest BCUT2D eigenvalue weighted by Crippen LogP contribution is -2.51. The summed E-state index contributed by atoms with van der Waals surface area (Å²) in [6.45, 7) is 4.12. The molecular formula is C27H32N2O5. The Hall–Kier alpha value is -3.35. The number of hydrogen-bond donors (Lipinski definition) is 2. The molecule has 4 rings (SSSR count). The number of carbonyl (C=O) groups is 3. The minimum atomic E-state index is -1.06. The number of nitrogens with one attached hydrogen (secondary N) is 1. The monoisotopic (exact) mass is 464 g/mol. The fourth-order valence-corrected chi connectivity index (χ4v) is 4.70. The molecule has 0 aromatic heterocycles. The van der Waals surface area contributed by atoms with E-state index in [0.717, 1.165) is 35.1 Å². The van der Waals surface area contributed by atoms with Crippen molar-refractivity contribution >= 4 is 18.0 Å². The quantitative estimate of drug-likeness (QED) is 0.548. The Morgan fingerprint density at radius 1 is 1.03 bits per heavy atom. The van der Waals surface area contributed by atoms with E-state index in [1.165, 1.54) is 4.90 Å². The summed E-state index contributed by atoms with van der Waals surface area (Å²) in [5, 5.41) is 12.0. The number of aliphatic carboxylic acids is 1. The Bertz CT molecular complexity index is 1020. The molecular weight excluding hydrogens is 432 g/mol. The Morgan fingerprint density at radius 2 is 1.62 bits per heavy atom. The summed E-state index contributed by atoms with van der Waals surface area (Å²) in [6, 6.07) is 15.4. The van der Waals surface area contributed by atoms with Crippen molar-refractivity contribution in [1.82, 2.24) is 10.2 Å². The van der Waals surface area contributed by atoms with Crippen molar-refractivity contribution < 1.29 is 24.2 Å². The Kier molecular flexibility index (Phi) is 7.20. The highest BCUT2D eigenvalue weighted by molar-refractivity contribution is 5.88. The van der Waals surface area contributed by atoms with E-state index in [1.807, 2.05) is 50.2 Å². The van der Waals surface area contributed by atoms with Gasteiger partial charge >= 0.3 is 12.1 Å². The van der Waals surface area contributed by atoms with Gasteiger partial charge in [0.15, 0.2) is 0 Å². The highest BCUT2D eigenvalue weighted by atomic mass is 16.5. The van der Waals surface area contributed by atoms with E-state index in [9.17, 15) is 19.5 Å². The molecule has 1 saturated carbocycles. The minimum Gasteiger partial charge on any atom is -0.480 e. The van der Waals surface area contributed by atoms with Crippen LogP contribution in [-0.4, -0.2) is 53.7 Å². The van der Waals surface area contributed by atoms with Gasteiger partial charge in [-0.25, -0.2) is 4.79 Å². The molecule has 2 N–H and O–H groups in total. The highest BCUT2D eigenvalue weighted by Crippen LogP contribution is 2.44. The number of fused-ring (bicyclic) bond motifs is 3. The number of carbonyl (C=O) groups excluding carboxylic acids is 2. The Labute approximate surface area is 200 Å². The van der Waals surface area contributed by atoms with Crippen LogP contribution in [-0.2, 0) is 14.3 Å². The van der Waals surface area contributed by atoms with Gasteiger partial charge in [-0.3, -0.25) is 9.59 Å². The van der Waals surface area contributed by atoms with E-state index in [0.29, 0.717) is 18.9 Å². The van der Waals surface area contributed by atoms with E-state index in [4.69, 9.17) is 4.74 Å². The molecule has 2 aliphatic carbocycles. The molecule has 7 heteroatoms. The molecule has 180 valence electrons. The van der Waals surface area contributed by atoms with Crippen molar-refractivity contribution in [2.24, 2.45) is 11.8 Å². The van der Waals surface area contributed by atoms with Gasteiger partial charge in [0.05, 0.1) is 0 Å². The van der Waals surface area contributed by atoms with Crippen LogP contribution in [0.4, 0.5) is 4.79 Å². The fraction of sp³-hybridized carbons (Fsp3) is 0.444. The molecule has 0 spiro atoms. The van der Waals surface area contributed by atoms with E-state index < -0.39 is 18.1 Å². The average molecular weight is 465 g/mol. The van der Waals surface area contributed by atoms with Crippen molar-refractivity contribution in [2.45, 2.75) is 45.1 Å². The van der Waals surface area contributed by atoms with Gasteiger partial charge in [0.2, 0.25) is 5.91 Å². The van der Waals surface area contributed by atoms with Crippen molar-refractivity contribution in [2.75, 3.05) is 19.7 Å². The van der Waals surface area contributed by atoms with E-state index in [2.05, 4.69) is 17.4 Å². The lowest BCUT2D eigenvalue weighted by molar-refractivity contribution is -0.145. The molecule has 0 bridgehead atoms. The zero-order valence-electron chi connectivity index (χ0n) is 19.7. The summed E-state index contributed by atoms with van der Waals surface area (Å²) in [5.41, 5.74) is 4.51. The van der Waals surface area contributed by atoms with Crippen LogP contribution in [0, 0.1) is 11.8 Å². The molecule has 2 aromatic carbocycles. The third-order valence-electron chi connectivity index (χ3n) is 6.45. The average Bonchev–Trinajstić information content (AvgIpc) is 3.56. The molecule has 0 radical (unpaired) electrons. The van der Waals surface area contributed by atoms with Crippen LogP contribution in [0.15, 0.2) is 48.5 Å². The first-order valence-electron chi connectivity index (χ1n) is 12.0. The first-order valence-corrected chi connectivity index (χ1v) is 12.0. The van der Waals surface area contributed by atoms with Crippen LogP contribution in [0.2, 0.25) is 0 Å². The second-order valence-electron chi connectivity index (χ2n) is 9.71. The van der Waals surface area contributed by atoms with E-state index >= 15 is 0 Å². The molecule has 2 amide bonds. The molecule has 0 unspecified atom stereocenters. The van der Waals surface area contributed by atoms with Gasteiger partial charge < -0.3 is 20.1 Å². The standard InChI is InChI=1S/C27H32N2O5/c1-17(2)13-24(26(32)29(15-25(30)31)14-18-11-12-18)28-27(33)34-16-23-21-9-5-3-7-19(21)20-8-4-6-10-22(20)23/h3-10,17-18,23-24H,11-16H2,1-2H3,(H,28,33)(H,30,31)/t24-/m1/s1. The second-order valence-corrected chi connectivity index (χ2v) is 9.71. The van der Waals surface area contributed by atoms with Gasteiger partial charge in [0.25, 0.3) is 0 Å². The molecule has 0 heterocycles. The van der Waals surface area contributed by atoms with Gasteiger partial charge in [-0.05, 0) is 53.4 Å². The van der Waals surface area contributed by atoms with Gasteiger partial charge in [0.1, 0.15) is 19.2 Å². The van der Waals surface area contributed by atoms with E-state index in [1.54, 1.807) is 0 Å². The lowest BCUT2D eigenvalue weighted by Gasteiger charge is -2.27. The largest absolute Gasteiger partial charge is 0.480 e. The van der Waals surface area contributed by atoms with E-state index in [-0.39, 0.29) is 30.9 Å². The summed E-state index contributed by atoms with van der Waals surface area (Å²) in [6.07, 6.45) is 1.74. The van der Waals surface area contributed by atoms with Crippen molar-refractivity contribution in [3.8, 4) is 11.1 Å². The zero-order chi connectivity index (χ0) is 24.2. The number of carboxylic acids is 1. The Balaban J connectivity index is 1.43. The van der Waals surface area contributed by atoms with Crippen LogP contribution in [0.25, 0.3) is 11.1 Å². The number of benzene rings is 2. The topological polar surface area (TPSA) is 95.9 Å². The van der Waals surface area contributed by atoms with Gasteiger partial charge in [-0.15, -0.1) is 0 Å². The van der Waals surface area contributed by atoms with Crippen LogP contribution >= 0.6 is 0 Å². The van der Waals surface area contributed by atoms with Crippen LogP contribution in [0.5, 0.6) is 0 Å². The van der Waals surface area contributed by atoms with Crippen LogP contribution in [0.1, 0.15) is 50.2 Å². The summed E-state index contributed by atoms with van der Waals surface area (Å²) < 4.78 is 5.62. The highest BCUT2D eigenvalue weighted by Gasteiger charge is 2.34. The first-order chi connectivity index (χ1) is 16.3. The van der Waals surface area contributed by atoms with Crippen molar-refractivity contribution in [3.63, 3.8) is 0 Å².